The van der Waals surface area contributed by atoms with Crippen molar-refractivity contribution in [2.45, 2.75) is 0 Å². The molecule has 2 amide bonds. The van der Waals surface area contributed by atoms with Gasteiger partial charge in [0, 0.05) is 11.4 Å². The van der Waals surface area contributed by atoms with Crippen molar-refractivity contribution in [3.63, 3.8) is 0 Å². The zero-order valence-corrected chi connectivity index (χ0v) is 15.6. The van der Waals surface area contributed by atoms with E-state index in [4.69, 9.17) is 0 Å². The molecule has 133 valence electrons. The number of rotatable bonds is 4. The van der Waals surface area contributed by atoms with E-state index >= 15 is 0 Å². The third kappa shape index (κ3) is 10.1. The minimum Gasteiger partial charge on any atom is -0.783 e. The van der Waals surface area contributed by atoms with Crippen LogP contribution in [0.4, 0.5) is 20.2 Å². The number of hydrogen-bond donors (Lipinski definition) is 2. The maximum Gasteiger partial charge on any atom is 2.00 e. The van der Waals surface area contributed by atoms with Gasteiger partial charge in [0.25, 0.3) is 0 Å². The van der Waals surface area contributed by atoms with Crippen LogP contribution in [0.3, 0.4) is 0 Å². The fraction of sp³-hybridized carbons (Fsp3) is 0.125. The van der Waals surface area contributed by atoms with E-state index in [1.54, 1.807) is 0 Å². The van der Waals surface area contributed by atoms with Crippen LogP contribution in [-0.4, -0.2) is 23.3 Å². The standard InChI is InChI=1S/2C8H8FNOS.Mn/c2*9-6-1-3-7(4-2-6)10-8(11)5-12;/h2*1-4,12H,5H2,(H,10,11);/q;;+2/p-2. The Bertz CT molecular complexity index is 611. The molecular weight excluding hydrogens is 409 g/mol. The molecule has 0 fully saturated rings. The second-order valence-corrected chi connectivity index (χ2v) is 4.98. The van der Waals surface area contributed by atoms with Crippen LogP contribution in [0.2, 0.25) is 0 Å². The van der Waals surface area contributed by atoms with E-state index in [0.717, 1.165) is 0 Å². The minimum absolute atomic E-state index is 0. The number of anilines is 2. The van der Waals surface area contributed by atoms with Gasteiger partial charge in [-0.3, -0.25) is 9.59 Å². The summed E-state index contributed by atoms with van der Waals surface area (Å²) >= 11 is 9.03. The van der Waals surface area contributed by atoms with Crippen LogP contribution in [0.1, 0.15) is 0 Å². The quantitative estimate of drug-likeness (QED) is 0.587. The van der Waals surface area contributed by atoms with Crippen molar-refractivity contribution in [3.8, 4) is 0 Å². The normalized spacial score (nSPS) is 9.12. The number of amides is 2. The fourth-order valence-electron chi connectivity index (χ4n) is 1.46. The van der Waals surface area contributed by atoms with Gasteiger partial charge in [0.2, 0.25) is 0 Å². The zero-order chi connectivity index (χ0) is 17.9. The van der Waals surface area contributed by atoms with E-state index in [1.165, 1.54) is 48.5 Å². The van der Waals surface area contributed by atoms with Crippen molar-refractivity contribution in [2.24, 2.45) is 0 Å². The molecule has 9 heteroatoms. The van der Waals surface area contributed by atoms with Gasteiger partial charge < -0.3 is 35.9 Å². The van der Waals surface area contributed by atoms with E-state index < -0.39 is 0 Å². The molecule has 2 aromatic rings. The van der Waals surface area contributed by atoms with Gasteiger partial charge in [0.15, 0.2) is 11.8 Å². The molecule has 0 aliphatic carbocycles. The third-order valence-electron chi connectivity index (χ3n) is 2.52. The van der Waals surface area contributed by atoms with E-state index in [-0.39, 0.29) is 52.0 Å². The molecule has 2 rings (SSSR count). The molecule has 2 N–H and O–H groups in total. The predicted octanol–water partition coefficient (Wildman–Crippen LogP) is 2.62. The molecule has 0 unspecified atom stereocenters. The van der Waals surface area contributed by atoms with Crippen molar-refractivity contribution >= 4 is 48.4 Å². The first-order valence-corrected chi connectivity index (χ1v) is 7.87. The summed E-state index contributed by atoms with van der Waals surface area (Å²) in [4.78, 5) is 21.5. The summed E-state index contributed by atoms with van der Waals surface area (Å²) in [5.74, 6) is -1.14. The van der Waals surface area contributed by atoms with Gasteiger partial charge in [-0.05, 0) is 48.5 Å². The van der Waals surface area contributed by atoms with Crippen LogP contribution < -0.4 is 10.6 Å². The van der Waals surface area contributed by atoms with Crippen LogP contribution in [0.5, 0.6) is 0 Å². The van der Waals surface area contributed by atoms with Gasteiger partial charge in [-0.15, -0.1) is 0 Å². The minimum atomic E-state index is -0.327. The number of benzene rings is 2. The summed E-state index contributed by atoms with van der Waals surface area (Å²) in [5.41, 5.74) is 1.12. The van der Waals surface area contributed by atoms with E-state index in [1.807, 2.05) is 0 Å². The third-order valence-corrected chi connectivity index (χ3v) is 3.04. The number of hydrogen-bond acceptors (Lipinski definition) is 4. The summed E-state index contributed by atoms with van der Waals surface area (Å²) in [5, 5.41) is 5.02. The number of carbonyl (C=O) groups is 2. The van der Waals surface area contributed by atoms with Gasteiger partial charge in [0.1, 0.15) is 11.6 Å². The zero-order valence-electron chi connectivity index (χ0n) is 12.8. The van der Waals surface area contributed by atoms with Crippen molar-refractivity contribution in [1.82, 2.24) is 0 Å². The van der Waals surface area contributed by atoms with Gasteiger partial charge in [0.05, 0.1) is 0 Å². The van der Waals surface area contributed by atoms with E-state index in [0.29, 0.717) is 11.4 Å². The van der Waals surface area contributed by atoms with Crippen molar-refractivity contribution in [2.75, 3.05) is 22.1 Å². The summed E-state index contributed by atoms with van der Waals surface area (Å²) in [6, 6.07) is 11.0. The number of nitrogens with one attached hydrogen (secondary N) is 2. The number of carbonyl (C=O) groups excluding carboxylic acids is 2. The fourth-order valence-corrected chi connectivity index (χ4v) is 1.60. The molecule has 0 bridgehead atoms. The molecule has 4 nitrogen and oxygen atoms in total. The summed E-state index contributed by atoms with van der Waals surface area (Å²) in [6.07, 6.45) is 0. The second kappa shape index (κ2) is 12.8. The van der Waals surface area contributed by atoms with Gasteiger partial charge in [-0.2, -0.15) is 0 Å². The van der Waals surface area contributed by atoms with Gasteiger partial charge in [-0.1, -0.05) is 11.5 Å². The molecule has 0 saturated carbocycles. The summed E-state index contributed by atoms with van der Waals surface area (Å²) in [7, 11) is 0. The molecule has 25 heavy (non-hydrogen) atoms. The summed E-state index contributed by atoms with van der Waals surface area (Å²) in [6.45, 7) is 0. The van der Waals surface area contributed by atoms with Crippen LogP contribution >= 0.6 is 0 Å². The largest absolute Gasteiger partial charge is 2.00 e. The summed E-state index contributed by atoms with van der Waals surface area (Å²) < 4.78 is 24.7. The van der Waals surface area contributed by atoms with Gasteiger partial charge in [-0.25, -0.2) is 8.78 Å². The first-order valence-electron chi connectivity index (χ1n) is 6.71. The maximum atomic E-state index is 12.4. The first kappa shape index (κ1) is 23.5. The molecule has 1 radical (unpaired) electrons. The average Bonchev–Trinajstić information content (AvgIpc) is 2.59. The van der Waals surface area contributed by atoms with Crippen LogP contribution in [0.25, 0.3) is 0 Å². The Morgan fingerprint density at radius 1 is 0.720 bits per heavy atom. The van der Waals surface area contributed by atoms with Crippen LogP contribution in [0.15, 0.2) is 48.5 Å². The molecule has 0 saturated heterocycles. The molecule has 0 aliphatic rings. The Morgan fingerprint density at radius 3 is 1.24 bits per heavy atom. The van der Waals surface area contributed by atoms with Crippen molar-refractivity contribution in [1.29, 1.82) is 0 Å². The molecule has 0 aromatic heterocycles. The van der Waals surface area contributed by atoms with Crippen LogP contribution in [-0.2, 0) is 51.9 Å². The molecule has 0 spiro atoms. The SMILES string of the molecule is O=C(C[S-])Nc1ccc(F)cc1.O=C(C[S-])Nc1ccc(F)cc1.[Mn+2]. The average molecular weight is 423 g/mol. The van der Waals surface area contributed by atoms with Crippen LogP contribution in [0, 0.1) is 11.6 Å². The molecule has 2 aromatic carbocycles. The maximum absolute atomic E-state index is 12.4. The second-order valence-electron chi connectivity index (χ2n) is 4.40. The Balaban J connectivity index is 0.000000443. The van der Waals surface area contributed by atoms with E-state index in [9.17, 15) is 18.4 Å². The Morgan fingerprint density at radius 2 is 1.00 bits per heavy atom. The first-order chi connectivity index (χ1) is 11.4. The Kier molecular flexibility index (Phi) is 12.0. The molecule has 0 atom stereocenters. The van der Waals surface area contributed by atoms with E-state index in [2.05, 4.69) is 35.9 Å². The van der Waals surface area contributed by atoms with Crippen molar-refractivity contribution < 1.29 is 35.4 Å². The Labute approximate surface area is 166 Å². The monoisotopic (exact) mass is 423 g/mol. The predicted molar refractivity (Wildman–Crippen MR) is 94.5 cm³/mol. The smallest absolute Gasteiger partial charge is 0.783 e. The molecule has 0 heterocycles. The van der Waals surface area contributed by atoms with Gasteiger partial charge >= 0.3 is 17.1 Å². The molecule has 0 aliphatic heterocycles. The molecular formula is C16H14F2MnN2O2S2. The number of halogens is 2. The van der Waals surface area contributed by atoms with Crippen molar-refractivity contribution in [3.05, 3.63) is 60.2 Å². The topological polar surface area (TPSA) is 58.2 Å². The Hall–Kier alpha value is -1.54.